The number of ether oxygens (including phenoxy) is 2. The fourth-order valence-corrected chi connectivity index (χ4v) is 4.61. The van der Waals surface area contributed by atoms with Crippen LogP contribution < -0.4 is 4.74 Å². The van der Waals surface area contributed by atoms with Crippen molar-refractivity contribution in [2.75, 3.05) is 20.2 Å². The summed E-state index contributed by atoms with van der Waals surface area (Å²) in [6, 6.07) is 7.37. The average Bonchev–Trinajstić information content (AvgIpc) is 3.58. The summed E-state index contributed by atoms with van der Waals surface area (Å²) >= 11 is 6.26. The zero-order chi connectivity index (χ0) is 22.1. The number of piperidine rings is 1. The Balaban J connectivity index is 1.52. The predicted molar refractivity (Wildman–Crippen MR) is 115 cm³/mol. The normalized spacial score (nSPS) is 20.4. The van der Waals surface area contributed by atoms with E-state index in [9.17, 15) is 13.6 Å². The highest BCUT2D eigenvalue weighted by Crippen LogP contribution is 2.45. The van der Waals surface area contributed by atoms with E-state index in [1.54, 1.807) is 12.1 Å². The molecule has 166 valence electrons. The summed E-state index contributed by atoms with van der Waals surface area (Å²) < 4.78 is 39.0. The Labute approximate surface area is 186 Å². The summed E-state index contributed by atoms with van der Waals surface area (Å²) in [4.78, 5) is 14.1. The Morgan fingerprint density at radius 3 is 2.65 bits per heavy atom. The van der Waals surface area contributed by atoms with E-state index in [0.717, 1.165) is 43.4 Å². The van der Waals surface area contributed by atoms with Crippen LogP contribution in [-0.2, 0) is 4.74 Å². The summed E-state index contributed by atoms with van der Waals surface area (Å²) in [6.07, 6.45) is 3.66. The standard InChI is InChI=1S/C24H26ClF2NO3/c1-14(18-8-7-16(26)10-21(18)25)28-9-3-4-17(13-28)31-23-12-22(27)20(24(29)30-2)11-19(23)15-5-6-15/h7-8,10-12,14-15,17H,3-6,9,13H2,1-2H3/t14?,17-/m1/s1. The minimum absolute atomic E-state index is 0.000777. The second kappa shape index (κ2) is 9.13. The van der Waals surface area contributed by atoms with Gasteiger partial charge in [0.15, 0.2) is 0 Å². The Morgan fingerprint density at radius 2 is 1.97 bits per heavy atom. The number of rotatable bonds is 6. The van der Waals surface area contributed by atoms with E-state index >= 15 is 0 Å². The minimum Gasteiger partial charge on any atom is -0.489 e. The van der Waals surface area contributed by atoms with Gasteiger partial charge in [0, 0.05) is 23.7 Å². The quantitative estimate of drug-likeness (QED) is 0.516. The molecule has 1 saturated carbocycles. The summed E-state index contributed by atoms with van der Waals surface area (Å²) in [6.45, 7) is 3.57. The van der Waals surface area contributed by atoms with Crippen LogP contribution in [0.4, 0.5) is 8.78 Å². The van der Waals surface area contributed by atoms with E-state index in [1.807, 2.05) is 6.92 Å². The van der Waals surface area contributed by atoms with Crippen molar-refractivity contribution >= 4 is 17.6 Å². The van der Waals surface area contributed by atoms with Gasteiger partial charge in [0.25, 0.3) is 0 Å². The maximum Gasteiger partial charge on any atom is 0.340 e. The van der Waals surface area contributed by atoms with E-state index in [4.69, 9.17) is 21.1 Å². The van der Waals surface area contributed by atoms with Gasteiger partial charge in [-0.2, -0.15) is 0 Å². The van der Waals surface area contributed by atoms with Crippen LogP contribution in [0.25, 0.3) is 0 Å². The lowest BCUT2D eigenvalue weighted by atomic mass is 10.0. The van der Waals surface area contributed by atoms with E-state index in [2.05, 4.69) is 4.90 Å². The topological polar surface area (TPSA) is 38.8 Å². The molecule has 2 aliphatic rings. The van der Waals surface area contributed by atoms with Gasteiger partial charge in [0.1, 0.15) is 23.5 Å². The van der Waals surface area contributed by atoms with Gasteiger partial charge in [0.05, 0.1) is 12.7 Å². The number of hydrogen-bond acceptors (Lipinski definition) is 4. The summed E-state index contributed by atoms with van der Waals surface area (Å²) in [7, 11) is 1.24. The van der Waals surface area contributed by atoms with E-state index < -0.39 is 11.8 Å². The van der Waals surface area contributed by atoms with Crippen LogP contribution in [0.1, 0.15) is 66.1 Å². The number of esters is 1. The summed E-state index contributed by atoms with van der Waals surface area (Å²) in [5, 5.41) is 0.409. The lowest BCUT2D eigenvalue weighted by molar-refractivity contribution is 0.0592. The van der Waals surface area contributed by atoms with E-state index in [-0.39, 0.29) is 29.4 Å². The number of methoxy groups -OCH3 is 1. The van der Waals surface area contributed by atoms with Gasteiger partial charge in [-0.05, 0) is 74.4 Å². The molecule has 2 atom stereocenters. The van der Waals surface area contributed by atoms with Gasteiger partial charge < -0.3 is 9.47 Å². The van der Waals surface area contributed by atoms with Crippen molar-refractivity contribution < 1.29 is 23.0 Å². The minimum atomic E-state index is -0.681. The number of hydrogen-bond donors (Lipinski definition) is 0. The zero-order valence-electron chi connectivity index (χ0n) is 17.7. The number of halogens is 3. The molecule has 1 aliphatic heterocycles. The van der Waals surface area contributed by atoms with Gasteiger partial charge in [-0.25, -0.2) is 13.6 Å². The average molecular weight is 450 g/mol. The molecule has 31 heavy (non-hydrogen) atoms. The number of carbonyl (C=O) groups excluding carboxylic acids is 1. The molecule has 0 aromatic heterocycles. The highest BCUT2D eigenvalue weighted by Gasteiger charge is 2.32. The van der Waals surface area contributed by atoms with Crippen molar-refractivity contribution in [3.05, 3.63) is 63.7 Å². The molecule has 0 amide bonds. The number of nitrogens with zero attached hydrogens (tertiary/aromatic N) is 1. The number of likely N-dealkylation sites (tertiary alicyclic amines) is 1. The van der Waals surface area contributed by atoms with Crippen LogP contribution >= 0.6 is 11.6 Å². The summed E-state index contributed by atoms with van der Waals surface area (Å²) in [5.74, 6) is -0.876. The maximum atomic E-state index is 14.6. The zero-order valence-corrected chi connectivity index (χ0v) is 18.4. The molecule has 4 nitrogen and oxygen atoms in total. The van der Waals surface area contributed by atoms with Crippen molar-refractivity contribution in [1.82, 2.24) is 4.90 Å². The van der Waals surface area contributed by atoms with Crippen LogP contribution in [-0.4, -0.2) is 37.2 Å². The highest BCUT2D eigenvalue weighted by molar-refractivity contribution is 6.31. The lowest BCUT2D eigenvalue weighted by Crippen LogP contribution is -2.42. The van der Waals surface area contributed by atoms with Crippen LogP contribution in [0.5, 0.6) is 5.75 Å². The lowest BCUT2D eigenvalue weighted by Gasteiger charge is -2.37. The molecule has 0 radical (unpaired) electrons. The third-order valence-electron chi connectivity index (χ3n) is 6.19. The molecule has 0 spiro atoms. The van der Waals surface area contributed by atoms with Gasteiger partial charge in [-0.1, -0.05) is 17.7 Å². The third-order valence-corrected chi connectivity index (χ3v) is 6.51. The van der Waals surface area contributed by atoms with Gasteiger partial charge in [0.2, 0.25) is 0 Å². The molecule has 1 heterocycles. The maximum absolute atomic E-state index is 14.6. The number of benzene rings is 2. The van der Waals surface area contributed by atoms with E-state index in [1.165, 1.54) is 25.3 Å². The monoisotopic (exact) mass is 449 g/mol. The fourth-order valence-electron chi connectivity index (χ4n) is 4.28. The molecule has 0 bridgehead atoms. The molecule has 2 fully saturated rings. The molecular formula is C24H26ClF2NO3. The SMILES string of the molecule is COC(=O)c1cc(C2CC2)c(O[C@@H]2CCCN(C(C)c3ccc(F)cc3Cl)C2)cc1F. The molecular weight excluding hydrogens is 424 g/mol. The third kappa shape index (κ3) is 4.85. The first-order chi connectivity index (χ1) is 14.9. The van der Waals surface area contributed by atoms with Crippen molar-refractivity contribution in [3.63, 3.8) is 0 Å². The molecule has 7 heteroatoms. The van der Waals surface area contributed by atoms with Crippen LogP contribution in [0.15, 0.2) is 30.3 Å². The molecule has 1 unspecified atom stereocenters. The Morgan fingerprint density at radius 1 is 1.19 bits per heavy atom. The Bertz CT molecular complexity index is 980. The van der Waals surface area contributed by atoms with Gasteiger partial charge in [-0.3, -0.25) is 4.90 Å². The molecule has 4 rings (SSSR count). The second-order valence-electron chi connectivity index (χ2n) is 8.35. The molecule has 2 aromatic carbocycles. The highest BCUT2D eigenvalue weighted by atomic mass is 35.5. The summed E-state index contributed by atoms with van der Waals surface area (Å²) in [5.41, 5.74) is 1.69. The fraction of sp³-hybridized carbons (Fsp3) is 0.458. The smallest absolute Gasteiger partial charge is 0.340 e. The first-order valence-corrected chi connectivity index (χ1v) is 11.0. The van der Waals surface area contributed by atoms with Crippen LogP contribution in [0.2, 0.25) is 5.02 Å². The first kappa shape index (κ1) is 22.0. The number of carbonyl (C=O) groups is 1. The van der Waals surface area contributed by atoms with Crippen LogP contribution in [0.3, 0.4) is 0 Å². The van der Waals surface area contributed by atoms with Gasteiger partial charge >= 0.3 is 5.97 Å². The Kier molecular flexibility index (Phi) is 6.49. The van der Waals surface area contributed by atoms with E-state index in [0.29, 0.717) is 17.3 Å². The molecule has 1 saturated heterocycles. The second-order valence-corrected chi connectivity index (χ2v) is 8.76. The van der Waals surface area contributed by atoms with Crippen molar-refractivity contribution in [2.45, 2.75) is 50.7 Å². The largest absolute Gasteiger partial charge is 0.489 e. The predicted octanol–water partition coefficient (Wildman–Crippen LogP) is 5.89. The first-order valence-electron chi connectivity index (χ1n) is 10.6. The van der Waals surface area contributed by atoms with Gasteiger partial charge in [-0.15, -0.1) is 0 Å². The van der Waals surface area contributed by atoms with Crippen molar-refractivity contribution in [3.8, 4) is 5.75 Å². The molecule has 1 aliphatic carbocycles. The van der Waals surface area contributed by atoms with Crippen molar-refractivity contribution in [2.24, 2.45) is 0 Å². The Hall–Kier alpha value is -2.18. The molecule has 2 aromatic rings. The van der Waals surface area contributed by atoms with Crippen molar-refractivity contribution in [1.29, 1.82) is 0 Å². The van der Waals surface area contributed by atoms with Crippen LogP contribution in [0, 0.1) is 11.6 Å². The molecule has 0 N–H and O–H groups in total.